The van der Waals surface area contributed by atoms with Crippen molar-refractivity contribution in [3.8, 4) is 0 Å². The smallest absolute Gasteiger partial charge is 0.339 e. The van der Waals surface area contributed by atoms with Crippen LogP contribution in [0.4, 0.5) is 5.69 Å². The number of methoxy groups -OCH3 is 1. The van der Waals surface area contributed by atoms with Gasteiger partial charge in [-0.05, 0) is 19.1 Å². The highest BCUT2D eigenvalue weighted by Crippen LogP contribution is 2.35. The molecule has 0 spiro atoms. The summed E-state index contributed by atoms with van der Waals surface area (Å²) in [6, 6.07) is 5.23. The van der Waals surface area contributed by atoms with Crippen LogP contribution in [0.3, 0.4) is 0 Å². The van der Waals surface area contributed by atoms with Gasteiger partial charge in [-0.25, -0.2) is 4.79 Å². The lowest BCUT2D eigenvalue weighted by Gasteiger charge is -2.07. The molecule has 0 amide bonds. The molecule has 0 aliphatic carbocycles. The molecule has 2 aromatic rings. The number of aromatic nitrogens is 2. The number of hydrogen-bond donors (Lipinski definition) is 1. The fraction of sp³-hybridized carbons (Fsp3) is 0.182. The molecule has 0 fully saturated rings. The zero-order valence-corrected chi connectivity index (χ0v) is 11.5. The maximum Gasteiger partial charge on any atom is 0.339 e. The molecule has 5 nitrogen and oxygen atoms in total. The van der Waals surface area contributed by atoms with Crippen molar-refractivity contribution < 1.29 is 9.53 Å². The second kappa shape index (κ2) is 5.36. The Bertz CT molecular complexity index is 583. The van der Waals surface area contributed by atoms with Crippen LogP contribution in [0.5, 0.6) is 0 Å². The molecule has 1 aromatic carbocycles. The summed E-state index contributed by atoms with van der Waals surface area (Å²) in [5.41, 5.74) is 6.72. The van der Waals surface area contributed by atoms with Gasteiger partial charge in [-0.3, -0.25) is 0 Å². The number of nitrogens with two attached hydrogens (primary N) is 1. The fourth-order valence-corrected chi connectivity index (χ4v) is 3.18. The Kier molecular flexibility index (Phi) is 3.83. The maximum absolute atomic E-state index is 11.5. The normalized spacial score (nSPS) is 10.3. The van der Waals surface area contributed by atoms with Gasteiger partial charge in [0.1, 0.15) is 5.01 Å². The Morgan fingerprint density at radius 2 is 2.22 bits per heavy atom. The minimum Gasteiger partial charge on any atom is -0.465 e. The Hall–Kier alpha value is -1.60. The van der Waals surface area contributed by atoms with E-state index in [1.54, 1.807) is 12.1 Å². The molecule has 0 radical (unpaired) electrons. The van der Waals surface area contributed by atoms with Crippen LogP contribution in [0.15, 0.2) is 27.4 Å². The molecule has 0 saturated heterocycles. The molecule has 2 N–H and O–H groups in total. The van der Waals surface area contributed by atoms with Gasteiger partial charge < -0.3 is 10.5 Å². The molecule has 0 bridgehead atoms. The molecule has 0 aliphatic rings. The standard InChI is InChI=1S/C11H11N3O2S2/c1-6-13-14-11(17-6)18-8-5-3-4-7(9(8)12)10(15)16-2/h3-5H,12H2,1-2H3. The van der Waals surface area contributed by atoms with E-state index in [0.717, 1.165) is 14.2 Å². The molecule has 0 aliphatic heterocycles. The summed E-state index contributed by atoms with van der Waals surface area (Å²) in [4.78, 5) is 12.3. The van der Waals surface area contributed by atoms with Gasteiger partial charge in [0.2, 0.25) is 0 Å². The summed E-state index contributed by atoms with van der Waals surface area (Å²) in [5.74, 6) is -0.441. The van der Waals surface area contributed by atoms with Crippen LogP contribution in [0.1, 0.15) is 15.4 Å². The van der Waals surface area contributed by atoms with Gasteiger partial charge in [0.15, 0.2) is 4.34 Å². The highest BCUT2D eigenvalue weighted by atomic mass is 32.2. The highest BCUT2D eigenvalue weighted by molar-refractivity contribution is 8.01. The number of para-hydroxylation sites is 1. The quantitative estimate of drug-likeness (QED) is 0.687. The van der Waals surface area contributed by atoms with Crippen LogP contribution >= 0.6 is 23.1 Å². The first-order valence-electron chi connectivity index (χ1n) is 5.06. The second-order valence-electron chi connectivity index (χ2n) is 3.40. The van der Waals surface area contributed by atoms with Crippen molar-refractivity contribution in [2.24, 2.45) is 0 Å². The van der Waals surface area contributed by atoms with E-state index in [1.165, 1.54) is 30.2 Å². The minimum atomic E-state index is -0.441. The number of anilines is 1. The first kappa shape index (κ1) is 12.8. The zero-order valence-electron chi connectivity index (χ0n) is 9.84. The molecule has 0 atom stereocenters. The molecular weight excluding hydrogens is 270 g/mol. The van der Waals surface area contributed by atoms with Crippen molar-refractivity contribution in [3.05, 3.63) is 28.8 Å². The number of aryl methyl sites for hydroxylation is 1. The van der Waals surface area contributed by atoms with Crippen LogP contribution in [-0.4, -0.2) is 23.3 Å². The van der Waals surface area contributed by atoms with E-state index >= 15 is 0 Å². The number of esters is 1. The molecule has 94 valence electrons. The molecule has 7 heteroatoms. The Balaban J connectivity index is 2.31. The predicted molar refractivity (Wildman–Crippen MR) is 71.0 cm³/mol. The number of benzene rings is 1. The van der Waals surface area contributed by atoms with E-state index in [-0.39, 0.29) is 0 Å². The average molecular weight is 281 g/mol. The van der Waals surface area contributed by atoms with Crippen molar-refractivity contribution in [2.75, 3.05) is 12.8 Å². The van der Waals surface area contributed by atoms with Gasteiger partial charge in [-0.1, -0.05) is 29.2 Å². The number of nitrogens with zero attached hydrogens (tertiary/aromatic N) is 2. The van der Waals surface area contributed by atoms with E-state index < -0.39 is 5.97 Å². The minimum absolute atomic E-state index is 0.365. The van der Waals surface area contributed by atoms with Gasteiger partial charge in [0.25, 0.3) is 0 Å². The van der Waals surface area contributed by atoms with Crippen molar-refractivity contribution in [2.45, 2.75) is 16.2 Å². The number of carbonyl (C=O) groups is 1. The lowest BCUT2D eigenvalue weighted by molar-refractivity contribution is 0.0601. The Morgan fingerprint density at radius 1 is 1.44 bits per heavy atom. The van der Waals surface area contributed by atoms with Crippen molar-refractivity contribution in [3.63, 3.8) is 0 Å². The lowest BCUT2D eigenvalue weighted by Crippen LogP contribution is -2.06. The Morgan fingerprint density at radius 3 is 2.83 bits per heavy atom. The van der Waals surface area contributed by atoms with Crippen LogP contribution < -0.4 is 5.73 Å². The number of ether oxygens (including phenoxy) is 1. The van der Waals surface area contributed by atoms with Crippen LogP contribution in [0.2, 0.25) is 0 Å². The number of rotatable bonds is 3. The first-order valence-corrected chi connectivity index (χ1v) is 6.70. The molecule has 2 rings (SSSR count). The first-order chi connectivity index (χ1) is 8.61. The van der Waals surface area contributed by atoms with Gasteiger partial charge in [0, 0.05) is 4.90 Å². The second-order valence-corrected chi connectivity index (χ2v) is 5.87. The van der Waals surface area contributed by atoms with Crippen LogP contribution in [0, 0.1) is 6.92 Å². The van der Waals surface area contributed by atoms with E-state index in [2.05, 4.69) is 14.9 Å². The molecule has 1 aromatic heterocycles. The zero-order chi connectivity index (χ0) is 13.1. The van der Waals surface area contributed by atoms with Crippen molar-refractivity contribution >= 4 is 34.8 Å². The van der Waals surface area contributed by atoms with Crippen molar-refractivity contribution in [1.29, 1.82) is 0 Å². The predicted octanol–water partition coefficient (Wildman–Crippen LogP) is 2.37. The van der Waals surface area contributed by atoms with E-state index in [0.29, 0.717) is 11.3 Å². The largest absolute Gasteiger partial charge is 0.465 e. The molecular formula is C11H11N3O2S2. The summed E-state index contributed by atoms with van der Waals surface area (Å²) >= 11 is 2.87. The average Bonchev–Trinajstić information content (AvgIpc) is 2.76. The van der Waals surface area contributed by atoms with Gasteiger partial charge in [0.05, 0.1) is 18.4 Å². The molecule has 1 heterocycles. The summed E-state index contributed by atoms with van der Waals surface area (Å²) in [6.07, 6.45) is 0. The van der Waals surface area contributed by atoms with E-state index in [1.807, 2.05) is 13.0 Å². The molecule has 0 saturated carbocycles. The van der Waals surface area contributed by atoms with Crippen molar-refractivity contribution in [1.82, 2.24) is 10.2 Å². The van der Waals surface area contributed by atoms with Crippen LogP contribution in [-0.2, 0) is 4.74 Å². The third-order valence-electron chi connectivity index (χ3n) is 2.18. The third kappa shape index (κ3) is 2.62. The lowest BCUT2D eigenvalue weighted by atomic mass is 10.2. The third-order valence-corrected chi connectivity index (χ3v) is 4.14. The Labute approximate surface area is 112 Å². The molecule has 0 unspecified atom stereocenters. The molecule has 18 heavy (non-hydrogen) atoms. The van der Waals surface area contributed by atoms with Gasteiger partial charge in [-0.15, -0.1) is 10.2 Å². The van der Waals surface area contributed by atoms with Crippen LogP contribution in [0.25, 0.3) is 0 Å². The van der Waals surface area contributed by atoms with E-state index in [4.69, 9.17) is 5.73 Å². The highest BCUT2D eigenvalue weighted by Gasteiger charge is 2.14. The fourth-order valence-electron chi connectivity index (χ4n) is 1.33. The van der Waals surface area contributed by atoms with Gasteiger partial charge in [-0.2, -0.15) is 0 Å². The number of nitrogen functional groups attached to an aromatic ring is 1. The number of carbonyl (C=O) groups excluding carboxylic acids is 1. The van der Waals surface area contributed by atoms with Gasteiger partial charge >= 0.3 is 5.97 Å². The summed E-state index contributed by atoms with van der Waals surface area (Å²) in [6.45, 7) is 1.88. The summed E-state index contributed by atoms with van der Waals surface area (Å²) < 4.78 is 5.47. The summed E-state index contributed by atoms with van der Waals surface area (Å²) in [5, 5.41) is 8.83. The summed E-state index contributed by atoms with van der Waals surface area (Å²) in [7, 11) is 1.33. The topological polar surface area (TPSA) is 78.1 Å². The monoisotopic (exact) mass is 281 g/mol. The SMILES string of the molecule is COC(=O)c1cccc(Sc2nnc(C)s2)c1N. The van der Waals surface area contributed by atoms with E-state index in [9.17, 15) is 4.79 Å². The maximum atomic E-state index is 11.5. The number of hydrogen-bond acceptors (Lipinski definition) is 7.